The van der Waals surface area contributed by atoms with Gasteiger partial charge in [0.25, 0.3) is 0 Å². The first-order valence-electron chi connectivity index (χ1n) is 4.99. The topological polar surface area (TPSA) is 71.1 Å². The van der Waals surface area contributed by atoms with Crippen LogP contribution < -0.4 is 0 Å². The predicted octanol–water partition coefficient (Wildman–Crippen LogP) is -0.105. The number of hydrogen-bond acceptors (Lipinski definition) is 6. The lowest BCUT2D eigenvalue weighted by Gasteiger charge is -2.35. The lowest BCUT2D eigenvalue weighted by atomic mass is 10.1. The molecule has 1 aliphatic rings. The summed E-state index contributed by atoms with van der Waals surface area (Å²) in [5.74, 6) is -0.835. The van der Waals surface area contributed by atoms with Gasteiger partial charge in [-0.25, -0.2) is 0 Å². The highest BCUT2D eigenvalue weighted by Gasteiger charge is 2.38. The van der Waals surface area contributed by atoms with E-state index in [4.69, 9.17) is 18.9 Å². The smallest absolute Gasteiger partial charge is 0.303 e. The van der Waals surface area contributed by atoms with Crippen LogP contribution in [0.1, 0.15) is 13.8 Å². The van der Waals surface area contributed by atoms with Crippen LogP contribution in [0.3, 0.4) is 0 Å². The number of methoxy groups -OCH3 is 1. The molecule has 0 aromatic rings. The SMILES string of the molecule is COC1[C@H](OC(C)=O)COC[C@H]1OC(C)=O. The minimum absolute atomic E-state index is 0.246. The van der Waals surface area contributed by atoms with E-state index in [1.807, 2.05) is 0 Å². The van der Waals surface area contributed by atoms with Gasteiger partial charge in [-0.2, -0.15) is 0 Å². The lowest BCUT2D eigenvalue weighted by Crippen LogP contribution is -2.52. The van der Waals surface area contributed by atoms with Gasteiger partial charge in [0.1, 0.15) is 6.10 Å². The van der Waals surface area contributed by atoms with Crippen molar-refractivity contribution in [2.75, 3.05) is 20.3 Å². The van der Waals surface area contributed by atoms with Gasteiger partial charge in [0.05, 0.1) is 13.2 Å². The van der Waals surface area contributed by atoms with Crippen molar-refractivity contribution in [1.82, 2.24) is 0 Å². The zero-order valence-electron chi connectivity index (χ0n) is 9.60. The van der Waals surface area contributed by atoms with E-state index in [1.165, 1.54) is 21.0 Å². The van der Waals surface area contributed by atoms with Crippen molar-refractivity contribution in [1.29, 1.82) is 0 Å². The molecule has 6 nitrogen and oxygen atoms in total. The molecule has 1 aliphatic heterocycles. The third-order valence-electron chi connectivity index (χ3n) is 2.20. The maximum Gasteiger partial charge on any atom is 0.303 e. The second kappa shape index (κ2) is 5.81. The molecule has 0 aromatic heterocycles. The summed E-state index contributed by atoms with van der Waals surface area (Å²) in [6.45, 7) is 3.11. The Bertz CT molecular complexity index is 240. The lowest BCUT2D eigenvalue weighted by molar-refractivity contribution is -0.201. The molecule has 92 valence electrons. The van der Waals surface area contributed by atoms with E-state index in [0.717, 1.165) is 0 Å². The van der Waals surface area contributed by atoms with Crippen LogP contribution in [-0.4, -0.2) is 50.6 Å². The van der Waals surface area contributed by atoms with E-state index < -0.39 is 30.3 Å². The quantitative estimate of drug-likeness (QED) is 0.632. The van der Waals surface area contributed by atoms with Crippen molar-refractivity contribution >= 4 is 11.9 Å². The average molecular weight is 232 g/mol. The van der Waals surface area contributed by atoms with Gasteiger partial charge in [-0.1, -0.05) is 0 Å². The van der Waals surface area contributed by atoms with Gasteiger partial charge in [-0.15, -0.1) is 0 Å². The van der Waals surface area contributed by atoms with E-state index in [1.54, 1.807) is 0 Å². The fourth-order valence-electron chi connectivity index (χ4n) is 1.66. The molecular weight excluding hydrogens is 216 g/mol. The average Bonchev–Trinajstić information content (AvgIpc) is 2.16. The van der Waals surface area contributed by atoms with E-state index in [0.29, 0.717) is 0 Å². The van der Waals surface area contributed by atoms with Crippen LogP contribution >= 0.6 is 0 Å². The Morgan fingerprint density at radius 1 is 1.06 bits per heavy atom. The second-order valence-electron chi connectivity index (χ2n) is 3.53. The highest BCUT2D eigenvalue weighted by Crippen LogP contribution is 2.18. The maximum atomic E-state index is 10.9. The fraction of sp³-hybridized carbons (Fsp3) is 0.800. The molecule has 0 radical (unpaired) electrons. The normalized spacial score (nSPS) is 26.2. The summed E-state index contributed by atoms with van der Waals surface area (Å²) in [5.41, 5.74) is 0. The summed E-state index contributed by atoms with van der Waals surface area (Å²) in [6.07, 6.45) is -1.57. The molecule has 0 spiro atoms. The maximum absolute atomic E-state index is 10.9. The molecule has 0 unspecified atom stereocenters. The molecule has 1 heterocycles. The Hall–Kier alpha value is -1.14. The predicted molar refractivity (Wildman–Crippen MR) is 52.7 cm³/mol. The standard InChI is InChI=1S/C10H16O6/c1-6(11)15-8-4-14-5-9(10(8)13-3)16-7(2)12/h8-10H,4-5H2,1-3H3/t8-,9-/m1/s1. The van der Waals surface area contributed by atoms with Crippen LogP contribution in [0.2, 0.25) is 0 Å². The summed E-state index contributed by atoms with van der Waals surface area (Å²) in [4.78, 5) is 21.7. The van der Waals surface area contributed by atoms with Crippen molar-refractivity contribution < 1.29 is 28.5 Å². The van der Waals surface area contributed by atoms with Gasteiger partial charge in [-0.3, -0.25) is 9.59 Å². The molecule has 0 aliphatic carbocycles. The Labute approximate surface area is 93.8 Å². The van der Waals surface area contributed by atoms with Gasteiger partial charge in [0.2, 0.25) is 0 Å². The minimum Gasteiger partial charge on any atom is -0.457 e. The van der Waals surface area contributed by atoms with Crippen LogP contribution in [-0.2, 0) is 28.5 Å². The number of ether oxygens (including phenoxy) is 4. The molecule has 1 saturated heterocycles. The molecule has 2 atom stereocenters. The van der Waals surface area contributed by atoms with Crippen LogP contribution in [0.5, 0.6) is 0 Å². The molecule has 0 saturated carbocycles. The molecule has 6 heteroatoms. The van der Waals surface area contributed by atoms with E-state index >= 15 is 0 Å². The fourth-order valence-corrected chi connectivity index (χ4v) is 1.66. The Morgan fingerprint density at radius 2 is 1.50 bits per heavy atom. The summed E-state index contributed by atoms with van der Waals surface area (Å²) in [7, 11) is 1.48. The van der Waals surface area contributed by atoms with E-state index in [2.05, 4.69) is 0 Å². The molecule has 16 heavy (non-hydrogen) atoms. The molecule has 1 fully saturated rings. The summed E-state index contributed by atoms with van der Waals surface area (Å²) in [5, 5.41) is 0. The zero-order chi connectivity index (χ0) is 12.1. The molecule has 1 rings (SSSR count). The first-order valence-corrected chi connectivity index (χ1v) is 4.99. The minimum atomic E-state index is -0.541. The largest absolute Gasteiger partial charge is 0.457 e. The third-order valence-corrected chi connectivity index (χ3v) is 2.20. The zero-order valence-corrected chi connectivity index (χ0v) is 9.60. The second-order valence-corrected chi connectivity index (χ2v) is 3.53. The van der Waals surface area contributed by atoms with Crippen molar-refractivity contribution in [3.8, 4) is 0 Å². The van der Waals surface area contributed by atoms with Crippen LogP contribution in [0.25, 0.3) is 0 Å². The van der Waals surface area contributed by atoms with Crippen LogP contribution in [0.4, 0.5) is 0 Å². The number of rotatable bonds is 3. The molecule has 0 aromatic carbocycles. The van der Waals surface area contributed by atoms with E-state index in [-0.39, 0.29) is 13.2 Å². The number of carbonyl (C=O) groups is 2. The van der Waals surface area contributed by atoms with Crippen molar-refractivity contribution in [2.45, 2.75) is 32.2 Å². The highest BCUT2D eigenvalue weighted by molar-refractivity contribution is 5.67. The molecule has 0 bridgehead atoms. The summed E-state index contributed by atoms with van der Waals surface area (Å²) in [6, 6.07) is 0. The van der Waals surface area contributed by atoms with Gasteiger partial charge in [0, 0.05) is 21.0 Å². The van der Waals surface area contributed by atoms with Gasteiger partial charge in [0.15, 0.2) is 12.2 Å². The Balaban J connectivity index is 2.64. The number of carbonyl (C=O) groups excluding carboxylic acids is 2. The number of esters is 2. The first-order chi connectivity index (χ1) is 7.54. The Morgan fingerprint density at radius 3 is 1.81 bits per heavy atom. The Kier molecular flexibility index (Phi) is 4.70. The molecular formula is C10H16O6. The van der Waals surface area contributed by atoms with Crippen molar-refractivity contribution in [3.63, 3.8) is 0 Å². The summed E-state index contributed by atoms with van der Waals surface area (Å²) < 4.78 is 20.4. The van der Waals surface area contributed by atoms with Crippen LogP contribution in [0.15, 0.2) is 0 Å². The van der Waals surface area contributed by atoms with E-state index in [9.17, 15) is 9.59 Å². The summed E-state index contributed by atoms with van der Waals surface area (Å²) >= 11 is 0. The first kappa shape index (κ1) is 12.9. The monoisotopic (exact) mass is 232 g/mol. The number of hydrogen-bond donors (Lipinski definition) is 0. The van der Waals surface area contributed by atoms with Crippen LogP contribution in [0, 0.1) is 0 Å². The van der Waals surface area contributed by atoms with Crippen molar-refractivity contribution in [3.05, 3.63) is 0 Å². The van der Waals surface area contributed by atoms with Gasteiger partial charge >= 0.3 is 11.9 Å². The molecule has 0 amide bonds. The van der Waals surface area contributed by atoms with Gasteiger partial charge in [-0.05, 0) is 0 Å². The van der Waals surface area contributed by atoms with Gasteiger partial charge < -0.3 is 18.9 Å². The highest BCUT2D eigenvalue weighted by atomic mass is 16.6. The van der Waals surface area contributed by atoms with Crippen molar-refractivity contribution in [2.24, 2.45) is 0 Å². The third kappa shape index (κ3) is 3.46. The molecule has 0 N–H and O–H groups in total.